The van der Waals surface area contributed by atoms with Gasteiger partial charge in [0.25, 0.3) is 5.91 Å². The highest BCUT2D eigenvalue weighted by molar-refractivity contribution is 7.92. The Labute approximate surface area is 151 Å². The summed E-state index contributed by atoms with van der Waals surface area (Å²) < 4.78 is 30.2. The van der Waals surface area contributed by atoms with Gasteiger partial charge in [0.2, 0.25) is 10.0 Å². The molecule has 2 aromatic rings. The number of hydrogen-bond acceptors (Lipinski definition) is 4. The molecule has 0 saturated carbocycles. The van der Waals surface area contributed by atoms with E-state index in [0.29, 0.717) is 18.0 Å². The van der Waals surface area contributed by atoms with Crippen molar-refractivity contribution in [2.45, 2.75) is 0 Å². The summed E-state index contributed by atoms with van der Waals surface area (Å²) in [4.78, 5) is 12.4. The van der Waals surface area contributed by atoms with E-state index in [-0.39, 0.29) is 16.3 Å². The molecule has 0 radical (unpaired) electrons. The lowest BCUT2D eigenvalue weighted by Crippen LogP contribution is -2.13. The third kappa shape index (κ3) is 5.81. The van der Waals surface area contributed by atoms with Gasteiger partial charge in [-0.05, 0) is 30.3 Å². The van der Waals surface area contributed by atoms with E-state index in [4.69, 9.17) is 16.3 Å². The van der Waals surface area contributed by atoms with Crippen molar-refractivity contribution >= 4 is 38.9 Å². The van der Waals surface area contributed by atoms with Crippen molar-refractivity contribution in [3.8, 4) is 5.75 Å². The zero-order valence-electron chi connectivity index (χ0n) is 13.5. The number of carbonyl (C=O) groups excluding carboxylic acids is 1. The number of amides is 1. The van der Waals surface area contributed by atoms with Crippen molar-refractivity contribution in [2.75, 3.05) is 22.9 Å². The Balaban J connectivity index is 2.14. The highest BCUT2D eigenvalue weighted by Gasteiger charge is 2.13. The van der Waals surface area contributed by atoms with Crippen molar-refractivity contribution < 1.29 is 17.9 Å². The molecular formula is C17H17ClN2O4S. The van der Waals surface area contributed by atoms with Gasteiger partial charge in [-0.2, -0.15) is 0 Å². The zero-order chi connectivity index (χ0) is 18.4. The quantitative estimate of drug-likeness (QED) is 0.719. The van der Waals surface area contributed by atoms with E-state index in [0.717, 1.165) is 6.26 Å². The van der Waals surface area contributed by atoms with E-state index in [1.165, 1.54) is 18.2 Å². The summed E-state index contributed by atoms with van der Waals surface area (Å²) in [6.45, 7) is 3.93. The number of ether oxygens (including phenoxy) is 1. The van der Waals surface area contributed by atoms with Crippen LogP contribution in [0.25, 0.3) is 0 Å². The van der Waals surface area contributed by atoms with Gasteiger partial charge in [0.1, 0.15) is 12.4 Å². The number of nitrogens with one attached hydrogen (secondary N) is 2. The third-order valence-corrected chi connectivity index (χ3v) is 3.90. The lowest BCUT2D eigenvalue weighted by molar-refractivity contribution is 0.102. The molecule has 2 aromatic carbocycles. The predicted molar refractivity (Wildman–Crippen MR) is 100 cm³/mol. The van der Waals surface area contributed by atoms with E-state index in [1.807, 2.05) is 0 Å². The summed E-state index contributed by atoms with van der Waals surface area (Å²) >= 11 is 6.09. The monoisotopic (exact) mass is 380 g/mol. The Kier molecular flexibility index (Phi) is 6.06. The Morgan fingerprint density at radius 1 is 1.24 bits per heavy atom. The van der Waals surface area contributed by atoms with E-state index >= 15 is 0 Å². The Morgan fingerprint density at radius 2 is 2.00 bits per heavy atom. The highest BCUT2D eigenvalue weighted by Crippen LogP contribution is 2.24. The van der Waals surface area contributed by atoms with Gasteiger partial charge >= 0.3 is 0 Å². The first kappa shape index (κ1) is 18.8. The number of benzene rings is 2. The molecule has 8 heteroatoms. The van der Waals surface area contributed by atoms with E-state index in [9.17, 15) is 13.2 Å². The molecule has 0 atom stereocenters. The van der Waals surface area contributed by atoms with Crippen molar-refractivity contribution in [3.05, 3.63) is 65.7 Å². The molecule has 0 aromatic heterocycles. The predicted octanol–water partition coefficient (Wildman–Crippen LogP) is 3.53. The first-order chi connectivity index (χ1) is 11.8. The number of sulfonamides is 1. The Bertz CT molecular complexity index is 897. The van der Waals surface area contributed by atoms with Gasteiger partial charge in [0.05, 0.1) is 16.8 Å². The first-order valence-electron chi connectivity index (χ1n) is 7.21. The van der Waals surface area contributed by atoms with Crippen LogP contribution in [0.3, 0.4) is 0 Å². The van der Waals surface area contributed by atoms with Gasteiger partial charge in [-0.3, -0.25) is 9.52 Å². The second-order valence-corrected chi connectivity index (χ2v) is 7.31. The Hall–Kier alpha value is -2.51. The van der Waals surface area contributed by atoms with Gasteiger partial charge in [-0.1, -0.05) is 30.3 Å². The lowest BCUT2D eigenvalue weighted by atomic mass is 10.2. The minimum atomic E-state index is -3.42. The van der Waals surface area contributed by atoms with Crippen LogP contribution in [0, 0.1) is 0 Å². The molecule has 0 aliphatic carbocycles. The average molecular weight is 381 g/mol. The average Bonchev–Trinajstić information content (AvgIpc) is 2.51. The topological polar surface area (TPSA) is 84.5 Å². The SMILES string of the molecule is C=CCOc1cccc(NC(=O)c2ccc(NS(C)(=O)=O)cc2Cl)c1. The van der Waals surface area contributed by atoms with E-state index in [2.05, 4.69) is 16.6 Å². The number of hydrogen-bond donors (Lipinski definition) is 2. The molecule has 2 rings (SSSR count). The number of anilines is 2. The summed E-state index contributed by atoms with van der Waals surface area (Å²) in [5, 5.41) is 2.85. The molecule has 25 heavy (non-hydrogen) atoms. The van der Waals surface area contributed by atoms with Crippen molar-refractivity contribution in [1.82, 2.24) is 0 Å². The Morgan fingerprint density at radius 3 is 2.64 bits per heavy atom. The van der Waals surface area contributed by atoms with Crippen LogP contribution >= 0.6 is 11.6 Å². The molecule has 0 bridgehead atoms. The minimum Gasteiger partial charge on any atom is -0.489 e. The van der Waals surface area contributed by atoms with Crippen LogP contribution in [0.4, 0.5) is 11.4 Å². The lowest BCUT2D eigenvalue weighted by Gasteiger charge is -2.10. The minimum absolute atomic E-state index is 0.130. The molecule has 0 spiro atoms. The van der Waals surface area contributed by atoms with Gasteiger partial charge in [-0.25, -0.2) is 8.42 Å². The fourth-order valence-electron chi connectivity index (χ4n) is 1.99. The van der Waals surface area contributed by atoms with Crippen LogP contribution in [0.1, 0.15) is 10.4 Å². The maximum absolute atomic E-state index is 12.4. The smallest absolute Gasteiger partial charge is 0.257 e. The molecule has 0 heterocycles. The summed E-state index contributed by atoms with van der Waals surface area (Å²) in [5.41, 5.74) is 1.04. The fraction of sp³-hybridized carbons (Fsp3) is 0.118. The van der Waals surface area contributed by atoms with Gasteiger partial charge < -0.3 is 10.1 Å². The number of rotatable bonds is 7. The molecule has 0 fully saturated rings. The molecule has 132 valence electrons. The summed E-state index contributed by atoms with van der Waals surface area (Å²) in [6.07, 6.45) is 2.65. The van der Waals surface area contributed by atoms with Crippen molar-refractivity contribution in [3.63, 3.8) is 0 Å². The third-order valence-electron chi connectivity index (χ3n) is 2.98. The standard InChI is InChI=1S/C17H17ClN2O4S/c1-3-9-24-14-6-4-5-12(10-14)19-17(21)15-8-7-13(11-16(15)18)20-25(2,22)23/h3-8,10-11,20H,1,9H2,2H3,(H,19,21). The molecule has 0 aliphatic heterocycles. The van der Waals surface area contributed by atoms with Gasteiger partial charge in [0, 0.05) is 17.4 Å². The molecule has 0 aliphatic rings. The maximum Gasteiger partial charge on any atom is 0.257 e. The first-order valence-corrected chi connectivity index (χ1v) is 9.48. The molecule has 0 saturated heterocycles. The molecule has 2 N–H and O–H groups in total. The van der Waals surface area contributed by atoms with Gasteiger partial charge in [0.15, 0.2) is 0 Å². The second kappa shape index (κ2) is 8.04. The van der Waals surface area contributed by atoms with Crippen LogP contribution in [-0.4, -0.2) is 27.2 Å². The molecular weight excluding hydrogens is 364 g/mol. The summed E-state index contributed by atoms with van der Waals surface area (Å²) in [5.74, 6) is 0.174. The van der Waals surface area contributed by atoms with Crippen LogP contribution in [0.15, 0.2) is 55.1 Å². The van der Waals surface area contributed by atoms with E-state index in [1.54, 1.807) is 30.3 Å². The van der Waals surface area contributed by atoms with Crippen LogP contribution in [-0.2, 0) is 10.0 Å². The zero-order valence-corrected chi connectivity index (χ0v) is 15.0. The molecule has 6 nitrogen and oxygen atoms in total. The molecule has 1 amide bonds. The van der Waals surface area contributed by atoms with Crippen LogP contribution in [0.2, 0.25) is 5.02 Å². The second-order valence-electron chi connectivity index (χ2n) is 5.15. The summed E-state index contributed by atoms with van der Waals surface area (Å²) in [7, 11) is -3.42. The van der Waals surface area contributed by atoms with E-state index < -0.39 is 15.9 Å². The fourth-order valence-corrected chi connectivity index (χ4v) is 2.82. The normalized spacial score (nSPS) is 10.8. The number of carbonyl (C=O) groups is 1. The highest BCUT2D eigenvalue weighted by atomic mass is 35.5. The van der Waals surface area contributed by atoms with Crippen LogP contribution in [0.5, 0.6) is 5.75 Å². The van der Waals surface area contributed by atoms with Gasteiger partial charge in [-0.15, -0.1) is 0 Å². The molecule has 0 unspecified atom stereocenters. The summed E-state index contributed by atoms with van der Waals surface area (Å²) in [6, 6.07) is 11.2. The van der Waals surface area contributed by atoms with Crippen LogP contribution < -0.4 is 14.8 Å². The number of halogens is 1. The van der Waals surface area contributed by atoms with Crippen molar-refractivity contribution in [2.24, 2.45) is 0 Å². The maximum atomic E-state index is 12.4. The van der Waals surface area contributed by atoms with Crippen molar-refractivity contribution in [1.29, 1.82) is 0 Å². The largest absolute Gasteiger partial charge is 0.489 e.